The number of hydrogen-bond acceptors (Lipinski definition) is 3. The maximum Gasteiger partial charge on any atom is 0.134 e. The molecule has 3 heteroatoms. The Morgan fingerprint density at radius 1 is 1.39 bits per heavy atom. The molecule has 1 saturated carbocycles. The van der Waals surface area contributed by atoms with Gasteiger partial charge in [0, 0.05) is 12.1 Å². The average molecular weight is 249 g/mol. The van der Waals surface area contributed by atoms with Gasteiger partial charge in [-0.3, -0.25) is 0 Å². The molecule has 1 spiro atoms. The Balaban J connectivity index is 1.64. The lowest BCUT2D eigenvalue weighted by molar-refractivity contribution is -0.0607. The third-order valence-electron chi connectivity index (χ3n) is 4.39. The van der Waals surface area contributed by atoms with Crippen molar-refractivity contribution < 1.29 is 9.15 Å². The summed E-state index contributed by atoms with van der Waals surface area (Å²) in [4.78, 5) is 0. The first-order chi connectivity index (χ1) is 8.67. The summed E-state index contributed by atoms with van der Waals surface area (Å²) in [5.74, 6) is 2.73. The van der Waals surface area contributed by atoms with E-state index in [2.05, 4.69) is 12.2 Å². The maximum absolute atomic E-state index is 6.06. The smallest absolute Gasteiger partial charge is 0.134 e. The molecular weight excluding hydrogens is 226 g/mol. The highest BCUT2D eigenvalue weighted by Gasteiger charge is 2.39. The van der Waals surface area contributed by atoms with Gasteiger partial charge >= 0.3 is 0 Å². The molecule has 3 unspecified atom stereocenters. The van der Waals surface area contributed by atoms with Crippen LogP contribution in [0.25, 0.3) is 0 Å². The molecule has 0 bridgehead atoms. The molecule has 0 aromatic carbocycles. The maximum atomic E-state index is 6.06. The van der Waals surface area contributed by atoms with Crippen molar-refractivity contribution in [2.24, 2.45) is 5.92 Å². The van der Waals surface area contributed by atoms with Crippen molar-refractivity contribution in [3.05, 3.63) is 23.7 Å². The summed E-state index contributed by atoms with van der Waals surface area (Å²) in [5.41, 5.74) is 0.232. The number of furan rings is 1. The van der Waals surface area contributed by atoms with Crippen LogP contribution in [0.1, 0.15) is 50.2 Å². The fourth-order valence-electron chi connectivity index (χ4n) is 3.44. The Kier molecular flexibility index (Phi) is 3.20. The monoisotopic (exact) mass is 249 g/mol. The summed E-state index contributed by atoms with van der Waals surface area (Å²) in [6.45, 7) is 6.02. The Morgan fingerprint density at radius 2 is 2.28 bits per heavy atom. The molecule has 0 radical (unpaired) electrons. The minimum atomic E-state index is 0.0848. The predicted molar refractivity (Wildman–Crippen MR) is 70.5 cm³/mol. The molecule has 3 rings (SSSR count). The van der Waals surface area contributed by atoms with E-state index >= 15 is 0 Å². The van der Waals surface area contributed by atoms with Crippen molar-refractivity contribution in [3.8, 4) is 0 Å². The van der Waals surface area contributed by atoms with Crippen LogP contribution in [0.2, 0.25) is 0 Å². The van der Waals surface area contributed by atoms with E-state index in [0.29, 0.717) is 0 Å². The molecule has 3 nitrogen and oxygen atoms in total. The van der Waals surface area contributed by atoms with Gasteiger partial charge in [-0.1, -0.05) is 19.8 Å². The highest BCUT2D eigenvalue weighted by Crippen LogP contribution is 2.36. The molecule has 3 atom stereocenters. The van der Waals surface area contributed by atoms with Crippen LogP contribution in [-0.4, -0.2) is 18.7 Å². The first kappa shape index (κ1) is 12.2. The highest BCUT2D eigenvalue weighted by molar-refractivity contribution is 5.10. The Bertz CT molecular complexity index is 404. The van der Waals surface area contributed by atoms with Crippen molar-refractivity contribution in [3.63, 3.8) is 0 Å². The van der Waals surface area contributed by atoms with Gasteiger partial charge in [-0.15, -0.1) is 0 Å². The van der Waals surface area contributed by atoms with E-state index in [1.165, 1.54) is 25.7 Å². The van der Waals surface area contributed by atoms with Crippen LogP contribution in [0.3, 0.4) is 0 Å². The molecule has 1 saturated heterocycles. The van der Waals surface area contributed by atoms with Gasteiger partial charge in [0.2, 0.25) is 0 Å². The molecule has 100 valence electrons. The largest absolute Gasteiger partial charge is 0.464 e. The number of nitrogens with one attached hydrogen (secondary N) is 1. The number of rotatable bonds is 1. The summed E-state index contributed by atoms with van der Waals surface area (Å²) in [7, 11) is 0. The molecule has 2 fully saturated rings. The first-order valence-electron chi connectivity index (χ1n) is 7.10. The number of ether oxygens (including phenoxy) is 1. The van der Waals surface area contributed by atoms with Crippen LogP contribution in [0.15, 0.2) is 16.5 Å². The molecule has 1 aliphatic heterocycles. The average Bonchev–Trinajstić information content (AvgIpc) is 2.77. The second kappa shape index (κ2) is 4.71. The predicted octanol–water partition coefficient (Wildman–Crippen LogP) is 3.20. The van der Waals surface area contributed by atoms with Crippen LogP contribution < -0.4 is 5.32 Å². The SMILES string of the molecule is Cc1ccc(C2CNC3(CCCC(C)C3)CO2)o1. The molecule has 18 heavy (non-hydrogen) atoms. The number of aryl methyl sites for hydroxylation is 1. The van der Waals surface area contributed by atoms with Crippen LogP contribution in [-0.2, 0) is 4.74 Å². The van der Waals surface area contributed by atoms with E-state index in [1.54, 1.807) is 0 Å². The molecule has 1 N–H and O–H groups in total. The molecule has 2 aliphatic rings. The van der Waals surface area contributed by atoms with E-state index < -0.39 is 0 Å². The van der Waals surface area contributed by atoms with Gasteiger partial charge in [0.15, 0.2) is 0 Å². The minimum Gasteiger partial charge on any atom is -0.464 e. The second-order valence-electron chi connectivity index (χ2n) is 6.11. The van der Waals surface area contributed by atoms with Crippen molar-refractivity contribution in [2.75, 3.05) is 13.2 Å². The molecule has 1 aromatic heterocycles. The first-order valence-corrected chi connectivity index (χ1v) is 7.10. The molecule has 0 amide bonds. The lowest BCUT2D eigenvalue weighted by atomic mass is 9.76. The summed E-state index contributed by atoms with van der Waals surface area (Å²) < 4.78 is 11.7. The van der Waals surface area contributed by atoms with Crippen molar-refractivity contribution in [1.29, 1.82) is 0 Å². The van der Waals surface area contributed by atoms with E-state index in [0.717, 1.165) is 30.6 Å². The van der Waals surface area contributed by atoms with Crippen molar-refractivity contribution >= 4 is 0 Å². The fraction of sp³-hybridized carbons (Fsp3) is 0.733. The van der Waals surface area contributed by atoms with Gasteiger partial charge in [-0.25, -0.2) is 0 Å². The van der Waals surface area contributed by atoms with Crippen LogP contribution in [0.5, 0.6) is 0 Å². The Hall–Kier alpha value is -0.800. The summed E-state index contributed by atoms with van der Waals surface area (Å²) in [5, 5.41) is 3.74. The van der Waals surface area contributed by atoms with E-state index in [9.17, 15) is 0 Å². The highest BCUT2D eigenvalue weighted by atomic mass is 16.5. The van der Waals surface area contributed by atoms with E-state index in [-0.39, 0.29) is 11.6 Å². The lowest BCUT2D eigenvalue weighted by Crippen LogP contribution is -2.56. The number of morpholine rings is 1. The van der Waals surface area contributed by atoms with Gasteiger partial charge in [-0.2, -0.15) is 0 Å². The third-order valence-corrected chi connectivity index (χ3v) is 4.39. The van der Waals surface area contributed by atoms with Crippen molar-refractivity contribution in [1.82, 2.24) is 5.32 Å². The Morgan fingerprint density at radius 3 is 2.89 bits per heavy atom. The van der Waals surface area contributed by atoms with Gasteiger partial charge < -0.3 is 14.5 Å². The van der Waals surface area contributed by atoms with Gasteiger partial charge in [-0.05, 0) is 37.8 Å². The van der Waals surface area contributed by atoms with Crippen LogP contribution in [0.4, 0.5) is 0 Å². The molecule has 1 aromatic rings. The molecule has 2 heterocycles. The summed E-state index contributed by atoms with van der Waals surface area (Å²) in [6, 6.07) is 4.04. The van der Waals surface area contributed by atoms with Crippen molar-refractivity contribution in [2.45, 2.75) is 51.2 Å². The number of hydrogen-bond donors (Lipinski definition) is 1. The summed E-state index contributed by atoms with van der Waals surface area (Å²) >= 11 is 0. The van der Waals surface area contributed by atoms with Gasteiger partial charge in [0.25, 0.3) is 0 Å². The van der Waals surface area contributed by atoms with E-state index in [4.69, 9.17) is 9.15 Å². The standard InChI is InChI=1S/C15H23NO2/c1-11-4-3-7-15(8-11)10-17-14(9-16-15)13-6-5-12(2)18-13/h5-6,11,14,16H,3-4,7-10H2,1-2H3. The van der Waals surface area contributed by atoms with Gasteiger partial charge in [0.05, 0.1) is 6.61 Å². The fourth-order valence-corrected chi connectivity index (χ4v) is 3.44. The summed E-state index contributed by atoms with van der Waals surface area (Å²) in [6.07, 6.45) is 5.27. The zero-order valence-corrected chi connectivity index (χ0v) is 11.4. The molecular formula is C15H23NO2. The Labute approximate surface area is 109 Å². The third kappa shape index (κ3) is 2.34. The zero-order chi connectivity index (χ0) is 12.6. The minimum absolute atomic E-state index is 0.0848. The lowest BCUT2D eigenvalue weighted by Gasteiger charge is -2.45. The zero-order valence-electron chi connectivity index (χ0n) is 11.4. The van der Waals surface area contributed by atoms with Gasteiger partial charge in [0.1, 0.15) is 17.6 Å². The van der Waals surface area contributed by atoms with Crippen LogP contribution >= 0.6 is 0 Å². The van der Waals surface area contributed by atoms with Crippen LogP contribution in [0, 0.1) is 12.8 Å². The topological polar surface area (TPSA) is 34.4 Å². The van der Waals surface area contributed by atoms with E-state index in [1.807, 2.05) is 19.1 Å². The quantitative estimate of drug-likeness (QED) is 0.830. The normalized spacial score (nSPS) is 37.0. The molecule has 1 aliphatic carbocycles. The second-order valence-corrected chi connectivity index (χ2v) is 6.11.